The van der Waals surface area contributed by atoms with Gasteiger partial charge in [0.15, 0.2) is 0 Å². The minimum atomic E-state index is -0.641. The van der Waals surface area contributed by atoms with E-state index in [1.54, 1.807) is 0 Å². The smallest absolute Gasteiger partial charge is 0.293 e. The second kappa shape index (κ2) is 5.85. The molecule has 0 spiro atoms. The van der Waals surface area contributed by atoms with Gasteiger partial charge in [-0.15, -0.1) is 0 Å². The lowest BCUT2D eigenvalue weighted by Crippen LogP contribution is -2.25. The van der Waals surface area contributed by atoms with Gasteiger partial charge in [0.1, 0.15) is 5.69 Å². The average molecular weight is 252 g/mol. The lowest BCUT2D eigenvalue weighted by molar-refractivity contribution is -0.383. The third kappa shape index (κ3) is 3.09. The summed E-state index contributed by atoms with van der Waals surface area (Å²) in [6.07, 6.45) is 1.78. The number of rotatable bonds is 5. The SMILES string of the molecule is CCCCNC(=O)c1cc([N+](=O)[O-])c(N)cc1N. The van der Waals surface area contributed by atoms with Crippen molar-refractivity contribution in [2.24, 2.45) is 0 Å². The second-order valence-electron chi connectivity index (χ2n) is 3.86. The van der Waals surface area contributed by atoms with Crippen molar-refractivity contribution < 1.29 is 9.72 Å². The number of unbranched alkanes of at least 4 members (excludes halogenated alkanes) is 1. The summed E-state index contributed by atoms with van der Waals surface area (Å²) in [4.78, 5) is 21.9. The summed E-state index contributed by atoms with van der Waals surface area (Å²) in [5.41, 5.74) is 10.9. The van der Waals surface area contributed by atoms with Crippen LogP contribution in [0.25, 0.3) is 0 Å². The van der Waals surface area contributed by atoms with Gasteiger partial charge < -0.3 is 16.8 Å². The zero-order chi connectivity index (χ0) is 13.7. The average Bonchev–Trinajstić information content (AvgIpc) is 2.28. The van der Waals surface area contributed by atoms with E-state index >= 15 is 0 Å². The summed E-state index contributed by atoms with van der Waals surface area (Å²) in [5, 5.41) is 13.4. The molecule has 0 aromatic heterocycles. The van der Waals surface area contributed by atoms with Gasteiger partial charge in [0.25, 0.3) is 11.6 Å². The minimum absolute atomic E-state index is 0.0531. The second-order valence-corrected chi connectivity index (χ2v) is 3.86. The molecule has 18 heavy (non-hydrogen) atoms. The highest BCUT2D eigenvalue weighted by molar-refractivity contribution is 6.00. The van der Waals surface area contributed by atoms with Crippen LogP contribution < -0.4 is 16.8 Å². The Morgan fingerprint density at radius 2 is 2.06 bits per heavy atom. The van der Waals surface area contributed by atoms with Crippen LogP contribution in [-0.2, 0) is 0 Å². The molecule has 7 heteroatoms. The van der Waals surface area contributed by atoms with Crippen molar-refractivity contribution in [3.63, 3.8) is 0 Å². The first-order valence-electron chi connectivity index (χ1n) is 5.59. The van der Waals surface area contributed by atoms with Crippen LogP contribution in [0.5, 0.6) is 0 Å². The van der Waals surface area contributed by atoms with E-state index in [0.717, 1.165) is 18.9 Å². The zero-order valence-corrected chi connectivity index (χ0v) is 10.1. The molecule has 7 nitrogen and oxygen atoms in total. The topological polar surface area (TPSA) is 124 Å². The van der Waals surface area contributed by atoms with E-state index in [-0.39, 0.29) is 22.6 Å². The van der Waals surface area contributed by atoms with Gasteiger partial charge in [0.05, 0.1) is 10.5 Å². The van der Waals surface area contributed by atoms with Crippen LogP contribution in [-0.4, -0.2) is 17.4 Å². The molecule has 0 fully saturated rings. The maximum atomic E-state index is 11.8. The first-order valence-corrected chi connectivity index (χ1v) is 5.59. The molecule has 1 aromatic carbocycles. The summed E-state index contributed by atoms with van der Waals surface area (Å²) in [5.74, 6) is -0.427. The Morgan fingerprint density at radius 1 is 1.39 bits per heavy atom. The molecule has 0 atom stereocenters. The minimum Gasteiger partial charge on any atom is -0.398 e. The van der Waals surface area contributed by atoms with Gasteiger partial charge in [-0.3, -0.25) is 14.9 Å². The highest BCUT2D eigenvalue weighted by Crippen LogP contribution is 2.27. The largest absolute Gasteiger partial charge is 0.398 e. The molecule has 0 aliphatic heterocycles. The molecule has 0 radical (unpaired) electrons. The summed E-state index contributed by atoms with van der Waals surface area (Å²) in [7, 11) is 0. The number of nitro benzene ring substituents is 1. The Morgan fingerprint density at radius 3 is 2.61 bits per heavy atom. The van der Waals surface area contributed by atoms with Crippen molar-refractivity contribution in [2.45, 2.75) is 19.8 Å². The summed E-state index contributed by atoms with van der Waals surface area (Å²) >= 11 is 0. The van der Waals surface area contributed by atoms with Gasteiger partial charge in [-0.05, 0) is 12.5 Å². The number of hydrogen-bond donors (Lipinski definition) is 3. The third-order valence-corrected chi connectivity index (χ3v) is 2.46. The molecule has 5 N–H and O–H groups in total. The summed E-state index contributed by atoms with van der Waals surface area (Å²) in [6, 6.07) is 2.33. The Kier molecular flexibility index (Phi) is 4.47. The number of carbonyl (C=O) groups excluding carboxylic acids is 1. The molecular formula is C11H16N4O3. The van der Waals surface area contributed by atoms with Crippen LogP contribution in [0.4, 0.5) is 17.1 Å². The number of amides is 1. The molecule has 0 unspecified atom stereocenters. The van der Waals surface area contributed by atoms with Gasteiger partial charge in [-0.1, -0.05) is 13.3 Å². The molecule has 1 aromatic rings. The fraction of sp³-hybridized carbons (Fsp3) is 0.364. The number of nitrogens with zero attached hydrogens (tertiary/aromatic N) is 1. The maximum Gasteiger partial charge on any atom is 0.293 e. The quantitative estimate of drug-likeness (QED) is 0.315. The molecule has 1 amide bonds. The summed E-state index contributed by atoms with van der Waals surface area (Å²) in [6.45, 7) is 2.50. The Balaban J connectivity index is 2.97. The molecular weight excluding hydrogens is 236 g/mol. The number of carbonyl (C=O) groups is 1. The number of nitrogens with one attached hydrogen (secondary N) is 1. The van der Waals surface area contributed by atoms with Crippen LogP contribution in [0.15, 0.2) is 12.1 Å². The molecule has 98 valence electrons. The van der Waals surface area contributed by atoms with Crippen molar-refractivity contribution in [3.05, 3.63) is 27.8 Å². The lowest BCUT2D eigenvalue weighted by Gasteiger charge is -2.08. The standard InChI is InChI=1S/C11H16N4O3/c1-2-3-4-14-11(16)7-5-10(15(17)18)9(13)6-8(7)12/h5-6H,2-4,12-13H2,1H3,(H,14,16). The van der Waals surface area contributed by atoms with E-state index in [2.05, 4.69) is 5.32 Å². The summed E-state index contributed by atoms with van der Waals surface area (Å²) < 4.78 is 0. The number of nitrogen functional groups attached to an aromatic ring is 2. The number of nitro groups is 1. The van der Waals surface area contributed by atoms with Crippen molar-refractivity contribution in [2.75, 3.05) is 18.0 Å². The van der Waals surface area contributed by atoms with Crippen LogP contribution in [0.2, 0.25) is 0 Å². The highest BCUT2D eigenvalue weighted by atomic mass is 16.6. The predicted molar refractivity (Wildman–Crippen MR) is 69.2 cm³/mol. The molecule has 0 saturated heterocycles. The van der Waals surface area contributed by atoms with Crippen molar-refractivity contribution in [1.82, 2.24) is 5.32 Å². The fourth-order valence-corrected chi connectivity index (χ4v) is 1.45. The Labute approximate surface area is 104 Å². The molecule has 1 rings (SSSR count). The van der Waals surface area contributed by atoms with Crippen LogP contribution in [0, 0.1) is 10.1 Å². The van der Waals surface area contributed by atoms with Crippen LogP contribution >= 0.6 is 0 Å². The van der Waals surface area contributed by atoms with Crippen molar-refractivity contribution in [1.29, 1.82) is 0 Å². The van der Waals surface area contributed by atoms with Crippen LogP contribution in [0.1, 0.15) is 30.1 Å². The Bertz CT molecular complexity index is 474. The Hall–Kier alpha value is -2.31. The van der Waals surface area contributed by atoms with Crippen LogP contribution in [0.3, 0.4) is 0 Å². The molecule has 0 aliphatic carbocycles. The normalized spacial score (nSPS) is 10.1. The predicted octanol–water partition coefficient (Wildman–Crippen LogP) is 1.29. The molecule has 0 saturated carbocycles. The van der Waals surface area contributed by atoms with Gasteiger partial charge in [-0.2, -0.15) is 0 Å². The van der Waals surface area contributed by atoms with Gasteiger partial charge >= 0.3 is 0 Å². The van der Waals surface area contributed by atoms with E-state index in [9.17, 15) is 14.9 Å². The van der Waals surface area contributed by atoms with Gasteiger partial charge in [0, 0.05) is 18.3 Å². The lowest BCUT2D eigenvalue weighted by atomic mass is 10.1. The van der Waals surface area contributed by atoms with E-state index in [0.29, 0.717) is 6.54 Å². The van der Waals surface area contributed by atoms with Gasteiger partial charge in [0.2, 0.25) is 0 Å². The van der Waals surface area contributed by atoms with E-state index in [1.165, 1.54) is 6.07 Å². The number of hydrogen-bond acceptors (Lipinski definition) is 5. The molecule has 0 heterocycles. The van der Waals surface area contributed by atoms with E-state index < -0.39 is 10.8 Å². The first kappa shape index (κ1) is 13.8. The first-order chi connectivity index (χ1) is 8.47. The third-order valence-electron chi connectivity index (χ3n) is 2.46. The van der Waals surface area contributed by atoms with Crippen molar-refractivity contribution >= 4 is 23.0 Å². The molecule has 0 aliphatic rings. The maximum absolute atomic E-state index is 11.8. The monoisotopic (exact) mass is 252 g/mol. The van der Waals surface area contributed by atoms with Gasteiger partial charge in [-0.25, -0.2) is 0 Å². The zero-order valence-electron chi connectivity index (χ0n) is 10.1. The number of benzene rings is 1. The number of nitrogens with two attached hydrogens (primary N) is 2. The van der Waals surface area contributed by atoms with Crippen molar-refractivity contribution in [3.8, 4) is 0 Å². The number of anilines is 2. The van der Waals surface area contributed by atoms with E-state index in [4.69, 9.17) is 11.5 Å². The highest BCUT2D eigenvalue weighted by Gasteiger charge is 2.18. The molecule has 0 bridgehead atoms. The fourth-order valence-electron chi connectivity index (χ4n) is 1.45. The van der Waals surface area contributed by atoms with E-state index in [1.807, 2.05) is 6.92 Å².